The zero-order valence-corrected chi connectivity index (χ0v) is 11.9. The average Bonchev–Trinajstić information content (AvgIpc) is 3.02. The summed E-state index contributed by atoms with van der Waals surface area (Å²) in [7, 11) is 0. The van der Waals surface area contributed by atoms with Crippen LogP contribution in [0.2, 0.25) is 0 Å². The Hall–Kier alpha value is -2.50. The van der Waals surface area contributed by atoms with Crippen molar-refractivity contribution < 1.29 is 9.90 Å². The fourth-order valence-electron chi connectivity index (χ4n) is 2.60. The van der Waals surface area contributed by atoms with Gasteiger partial charge in [-0.3, -0.25) is 4.79 Å². The van der Waals surface area contributed by atoms with Crippen LogP contribution in [0, 0.1) is 0 Å². The summed E-state index contributed by atoms with van der Waals surface area (Å²) in [4.78, 5) is 19.4. The fourth-order valence-corrected chi connectivity index (χ4v) is 2.60. The molecule has 1 aliphatic rings. The second kappa shape index (κ2) is 5.47. The molecule has 6 heteroatoms. The summed E-state index contributed by atoms with van der Waals surface area (Å²) < 4.78 is 1.78. The third kappa shape index (κ3) is 2.69. The molecule has 2 aromatic rings. The standard InChI is InChI=1S/C15H18N4O2/c1-12(20)17-6-8-18(9-7-17)13-2-3-15(21)14(10-13)19-5-4-16-11-19/h2-5,10-11,21H,6-9H2,1H3. The van der Waals surface area contributed by atoms with Gasteiger partial charge < -0.3 is 19.5 Å². The van der Waals surface area contributed by atoms with Crippen molar-refractivity contribution in [1.82, 2.24) is 14.5 Å². The smallest absolute Gasteiger partial charge is 0.219 e. The molecule has 0 bridgehead atoms. The molecule has 0 spiro atoms. The predicted octanol–water partition coefficient (Wildman–Crippen LogP) is 1.25. The van der Waals surface area contributed by atoms with E-state index in [9.17, 15) is 9.90 Å². The second-order valence-electron chi connectivity index (χ2n) is 5.14. The van der Waals surface area contributed by atoms with Gasteiger partial charge in [0.15, 0.2) is 0 Å². The summed E-state index contributed by atoms with van der Waals surface area (Å²) in [6.07, 6.45) is 5.14. The molecular weight excluding hydrogens is 268 g/mol. The number of piperazine rings is 1. The maximum Gasteiger partial charge on any atom is 0.219 e. The highest BCUT2D eigenvalue weighted by Gasteiger charge is 2.19. The molecule has 1 aromatic carbocycles. The van der Waals surface area contributed by atoms with Crippen molar-refractivity contribution in [2.45, 2.75) is 6.92 Å². The number of rotatable bonds is 2. The first kappa shape index (κ1) is 13.5. The zero-order valence-electron chi connectivity index (χ0n) is 11.9. The number of hydrogen-bond donors (Lipinski definition) is 1. The van der Waals surface area contributed by atoms with E-state index in [1.54, 1.807) is 36.3 Å². The van der Waals surface area contributed by atoms with Crippen LogP contribution in [0.5, 0.6) is 5.75 Å². The number of nitrogens with zero attached hydrogens (tertiary/aromatic N) is 4. The van der Waals surface area contributed by atoms with E-state index in [1.165, 1.54) is 0 Å². The molecular formula is C15H18N4O2. The van der Waals surface area contributed by atoms with Crippen LogP contribution >= 0.6 is 0 Å². The van der Waals surface area contributed by atoms with Gasteiger partial charge in [0.2, 0.25) is 5.91 Å². The second-order valence-corrected chi connectivity index (χ2v) is 5.14. The summed E-state index contributed by atoms with van der Waals surface area (Å²) in [5, 5.41) is 10.00. The van der Waals surface area contributed by atoms with E-state index < -0.39 is 0 Å². The lowest BCUT2D eigenvalue weighted by Crippen LogP contribution is -2.48. The van der Waals surface area contributed by atoms with Crippen molar-refractivity contribution in [2.24, 2.45) is 0 Å². The highest BCUT2D eigenvalue weighted by atomic mass is 16.3. The maximum absolute atomic E-state index is 11.4. The third-order valence-corrected chi connectivity index (χ3v) is 3.83. The summed E-state index contributed by atoms with van der Waals surface area (Å²) in [5.74, 6) is 0.346. The first-order valence-electron chi connectivity index (χ1n) is 6.97. The van der Waals surface area contributed by atoms with E-state index in [2.05, 4.69) is 9.88 Å². The SMILES string of the molecule is CC(=O)N1CCN(c2ccc(O)c(-n3ccnc3)c2)CC1. The fraction of sp³-hybridized carbons (Fsp3) is 0.333. The number of aromatic nitrogens is 2. The molecule has 6 nitrogen and oxygen atoms in total. The van der Waals surface area contributed by atoms with Gasteiger partial charge >= 0.3 is 0 Å². The van der Waals surface area contributed by atoms with Crippen LogP contribution in [-0.2, 0) is 4.79 Å². The Morgan fingerprint density at radius 2 is 2.00 bits per heavy atom. The van der Waals surface area contributed by atoms with Gasteiger partial charge in [-0.1, -0.05) is 0 Å². The topological polar surface area (TPSA) is 61.6 Å². The normalized spacial score (nSPS) is 15.3. The van der Waals surface area contributed by atoms with Crippen molar-refractivity contribution in [2.75, 3.05) is 31.1 Å². The highest BCUT2D eigenvalue weighted by molar-refractivity contribution is 5.73. The number of hydrogen-bond acceptors (Lipinski definition) is 4. The number of anilines is 1. The van der Waals surface area contributed by atoms with E-state index in [0.717, 1.165) is 31.9 Å². The molecule has 1 fully saturated rings. The molecule has 1 N–H and O–H groups in total. The molecule has 1 aliphatic heterocycles. The molecule has 0 aliphatic carbocycles. The largest absolute Gasteiger partial charge is 0.506 e. The molecule has 1 saturated heterocycles. The number of amides is 1. The van der Waals surface area contributed by atoms with Gasteiger partial charge in [0.25, 0.3) is 0 Å². The van der Waals surface area contributed by atoms with Gasteiger partial charge in [0, 0.05) is 51.2 Å². The Balaban J connectivity index is 1.81. The van der Waals surface area contributed by atoms with Gasteiger partial charge in [-0.2, -0.15) is 0 Å². The lowest BCUT2D eigenvalue weighted by molar-refractivity contribution is -0.129. The molecule has 1 aromatic heterocycles. The van der Waals surface area contributed by atoms with Crippen molar-refractivity contribution in [3.63, 3.8) is 0 Å². The van der Waals surface area contributed by atoms with Crippen molar-refractivity contribution in [3.8, 4) is 11.4 Å². The van der Waals surface area contributed by atoms with Crippen molar-refractivity contribution in [1.29, 1.82) is 0 Å². The monoisotopic (exact) mass is 286 g/mol. The third-order valence-electron chi connectivity index (χ3n) is 3.83. The first-order chi connectivity index (χ1) is 10.1. The van der Waals surface area contributed by atoms with E-state index >= 15 is 0 Å². The minimum Gasteiger partial charge on any atom is -0.506 e. The van der Waals surface area contributed by atoms with E-state index in [0.29, 0.717) is 5.69 Å². The Bertz CT molecular complexity index is 631. The molecule has 0 radical (unpaired) electrons. The van der Waals surface area contributed by atoms with Gasteiger partial charge in [-0.25, -0.2) is 4.98 Å². The summed E-state index contributed by atoms with van der Waals surface area (Å²) >= 11 is 0. The van der Waals surface area contributed by atoms with Crippen LogP contribution in [-0.4, -0.2) is 51.6 Å². The van der Waals surface area contributed by atoms with Crippen LogP contribution in [0.1, 0.15) is 6.92 Å². The van der Waals surface area contributed by atoms with Gasteiger partial charge in [-0.15, -0.1) is 0 Å². The van der Waals surface area contributed by atoms with Crippen LogP contribution in [0.25, 0.3) is 5.69 Å². The number of carbonyl (C=O) groups excluding carboxylic acids is 1. The Morgan fingerprint density at radius 1 is 1.24 bits per heavy atom. The number of phenolic OH excluding ortho intramolecular Hbond substituents is 1. The minimum absolute atomic E-state index is 0.125. The van der Waals surface area contributed by atoms with Gasteiger partial charge in [0.1, 0.15) is 5.75 Å². The molecule has 1 amide bonds. The summed E-state index contributed by atoms with van der Waals surface area (Å²) in [6, 6.07) is 5.54. The first-order valence-corrected chi connectivity index (χ1v) is 6.97. The highest BCUT2D eigenvalue weighted by Crippen LogP contribution is 2.27. The molecule has 2 heterocycles. The molecule has 110 valence electrons. The van der Waals surface area contributed by atoms with E-state index in [-0.39, 0.29) is 11.7 Å². The van der Waals surface area contributed by atoms with Crippen LogP contribution in [0.4, 0.5) is 5.69 Å². The predicted molar refractivity (Wildman–Crippen MR) is 79.7 cm³/mol. The molecule has 3 rings (SSSR count). The van der Waals surface area contributed by atoms with Crippen LogP contribution in [0.3, 0.4) is 0 Å². The number of carbonyl (C=O) groups is 1. The lowest BCUT2D eigenvalue weighted by Gasteiger charge is -2.35. The maximum atomic E-state index is 11.4. The van der Waals surface area contributed by atoms with Crippen LogP contribution in [0.15, 0.2) is 36.9 Å². The molecule has 0 atom stereocenters. The Morgan fingerprint density at radius 3 is 2.62 bits per heavy atom. The number of benzene rings is 1. The molecule has 21 heavy (non-hydrogen) atoms. The number of aromatic hydroxyl groups is 1. The van der Waals surface area contributed by atoms with E-state index in [1.807, 2.05) is 17.0 Å². The van der Waals surface area contributed by atoms with Gasteiger partial charge in [-0.05, 0) is 18.2 Å². The quantitative estimate of drug-likeness (QED) is 0.902. The van der Waals surface area contributed by atoms with Crippen LogP contribution < -0.4 is 4.90 Å². The lowest BCUT2D eigenvalue weighted by atomic mass is 10.2. The van der Waals surface area contributed by atoms with E-state index in [4.69, 9.17) is 0 Å². The number of imidazole rings is 1. The Labute approximate surface area is 123 Å². The summed E-state index contributed by atoms with van der Waals surface area (Å²) in [5.41, 5.74) is 1.75. The Kier molecular flexibility index (Phi) is 3.51. The van der Waals surface area contributed by atoms with Crippen molar-refractivity contribution in [3.05, 3.63) is 36.9 Å². The summed E-state index contributed by atoms with van der Waals surface area (Å²) in [6.45, 7) is 4.67. The zero-order chi connectivity index (χ0) is 14.8. The number of phenols is 1. The molecule has 0 saturated carbocycles. The average molecular weight is 286 g/mol. The van der Waals surface area contributed by atoms with Crippen molar-refractivity contribution >= 4 is 11.6 Å². The van der Waals surface area contributed by atoms with Gasteiger partial charge in [0.05, 0.1) is 12.0 Å². The minimum atomic E-state index is 0.125. The molecule has 0 unspecified atom stereocenters.